The molecule has 0 aliphatic carbocycles. The lowest BCUT2D eigenvalue weighted by atomic mass is 10.00. The molecule has 1 aromatic heterocycles. The Morgan fingerprint density at radius 1 is 0.939 bits per heavy atom. The van der Waals surface area contributed by atoms with Crippen LogP contribution in [0.1, 0.15) is 38.8 Å². The third-order valence-electron chi connectivity index (χ3n) is 5.19. The van der Waals surface area contributed by atoms with Gasteiger partial charge in [-0.05, 0) is 48.2 Å². The van der Waals surface area contributed by atoms with Gasteiger partial charge >= 0.3 is 5.97 Å². The van der Waals surface area contributed by atoms with Gasteiger partial charge < -0.3 is 20.8 Å². The smallest absolute Gasteiger partial charge is 0.334 e. The Labute approximate surface area is 191 Å². The third-order valence-corrected chi connectivity index (χ3v) is 5.19. The molecule has 8 nitrogen and oxygen atoms in total. The van der Waals surface area contributed by atoms with Crippen LogP contribution in [0.5, 0.6) is 0 Å². The number of nitrogens with one attached hydrogen (secondary N) is 2. The van der Waals surface area contributed by atoms with Crippen molar-refractivity contribution in [3.05, 3.63) is 95.3 Å². The zero-order chi connectivity index (χ0) is 23.8. The molecule has 2 aromatic carbocycles. The van der Waals surface area contributed by atoms with Crippen molar-refractivity contribution in [1.29, 1.82) is 0 Å². The fourth-order valence-corrected chi connectivity index (χ4v) is 3.37. The molecule has 0 aliphatic rings. The van der Waals surface area contributed by atoms with E-state index in [2.05, 4.69) is 15.6 Å². The van der Waals surface area contributed by atoms with Crippen molar-refractivity contribution in [2.75, 3.05) is 5.32 Å². The van der Waals surface area contributed by atoms with E-state index in [1.54, 1.807) is 54.6 Å². The van der Waals surface area contributed by atoms with Gasteiger partial charge in [-0.1, -0.05) is 43.3 Å². The van der Waals surface area contributed by atoms with Gasteiger partial charge in [0.15, 0.2) is 6.10 Å². The summed E-state index contributed by atoms with van der Waals surface area (Å²) in [4.78, 5) is 40.8. The van der Waals surface area contributed by atoms with Crippen LogP contribution in [-0.2, 0) is 17.6 Å². The number of carbonyl (C=O) groups excluding carboxylic acids is 2. The highest BCUT2D eigenvalue weighted by atomic mass is 16.4. The number of aliphatic hydroxyl groups is 1. The first-order chi connectivity index (χ1) is 15.9. The second-order valence-corrected chi connectivity index (χ2v) is 7.47. The summed E-state index contributed by atoms with van der Waals surface area (Å²) in [5, 5.41) is 24.9. The van der Waals surface area contributed by atoms with Crippen molar-refractivity contribution in [2.45, 2.75) is 31.9 Å². The first-order valence-electron chi connectivity index (χ1n) is 10.5. The molecule has 0 radical (unpaired) electrons. The first kappa shape index (κ1) is 23.6. The SMILES string of the molecule is CCc1ccc(C(=O)N[C@H](Cc2ccccc2)[C@@H](O)C(=O)O)cc1NC(=O)c1ccncc1. The second-order valence-electron chi connectivity index (χ2n) is 7.47. The van der Waals surface area contributed by atoms with E-state index in [0.717, 1.165) is 11.1 Å². The van der Waals surface area contributed by atoms with Crippen LogP contribution >= 0.6 is 0 Å². The normalized spacial score (nSPS) is 12.4. The number of nitrogens with zero attached hydrogens (tertiary/aromatic N) is 1. The van der Waals surface area contributed by atoms with E-state index in [1.165, 1.54) is 12.4 Å². The summed E-state index contributed by atoms with van der Waals surface area (Å²) >= 11 is 0. The quantitative estimate of drug-likeness (QED) is 0.399. The number of hydrogen-bond acceptors (Lipinski definition) is 5. The Bertz CT molecular complexity index is 1120. The number of aromatic nitrogens is 1. The second kappa shape index (κ2) is 11.0. The van der Waals surface area contributed by atoms with E-state index in [0.29, 0.717) is 17.7 Å². The van der Waals surface area contributed by atoms with Crippen LogP contribution in [-0.4, -0.2) is 45.1 Å². The van der Waals surface area contributed by atoms with Crippen LogP contribution in [0, 0.1) is 0 Å². The number of pyridine rings is 1. The lowest BCUT2D eigenvalue weighted by Crippen LogP contribution is -2.48. The molecule has 3 rings (SSSR count). The minimum atomic E-state index is -1.78. The average Bonchev–Trinajstić information content (AvgIpc) is 2.84. The van der Waals surface area contributed by atoms with Crippen molar-refractivity contribution in [3.63, 3.8) is 0 Å². The molecule has 0 saturated heterocycles. The molecule has 0 bridgehead atoms. The standard InChI is InChI=1S/C25H25N3O5/c1-2-17-8-9-19(15-20(17)27-23(30)18-10-12-26-13-11-18)24(31)28-21(22(29)25(32)33)14-16-6-4-3-5-7-16/h3-13,15,21-22,29H,2,14H2,1H3,(H,27,30)(H,28,31)(H,32,33)/t21-,22-/m1/s1. The summed E-state index contributed by atoms with van der Waals surface area (Å²) in [5.74, 6) is -2.32. The number of amides is 2. The van der Waals surface area contributed by atoms with Crippen LogP contribution < -0.4 is 10.6 Å². The minimum Gasteiger partial charge on any atom is -0.479 e. The van der Waals surface area contributed by atoms with E-state index in [-0.39, 0.29) is 17.9 Å². The van der Waals surface area contributed by atoms with E-state index >= 15 is 0 Å². The maximum atomic E-state index is 12.9. The van der Waals surface area contributed by atoms with Crippen molar-refractivity contribution in [3.8, 4) is 0 Å². The van der Waals surface area contributed by atoms with Crippen LogP contribution in [0.4, 0.5) is 5.69 Å². The zero-order valence-corrected chi connectivity index (χ0v) is 18.1. The summed E-state index contributed by atoms with van der Waals surface area (Å²) in [6.45, 7) is 1.93. The molecule has 0 aliphatic heterocycles. The van der Waals surface area contributed by atoms with Gasteiger partial charge in [0.1, 0.15) is 0 Å². The largest absolute Gasteiger partial charge is 0.479 e. The van der Waals surface area contributed by atoms with Crippen molar-refractivity contribution in [2.24, 2.45) is 0 Å². The first-order valence-corrected chi connectivity index (χ1v) is 10.5. The Hall–Kier alpha value is -4.04. The molecule has 0 fully saturated rings. The van der Waals surface area contributed by atoms with Crippen LogP contribution in [0.3, 0.4) is 0 Å². The van der Waals surface area contributed by atoms with Gasteiger partial charge in [0, 0.05) is 29.2 Å². The number of hydrogen-bond donors (Lipinski definition) is 4. The lowest BCUT2D eigenvalue weighted by molar-refractivity contribution is -0.148. The van der Waals surface area contributed by atoms with E-state index < -0.39 is 24.0 Å². The summed E-state index contributed by atoms with van der Waals surface area (Å²) in [7, 11) is 0. The van der Waals surface area contributed by atoms with E-state index in [1.807, 2.05) is 13.0 Å². The molecule has 0 unspecified atom stereocenters. The highest BCUT2D eigenvalue weighted by Crippen LogP contribution is 2.20. The minimum absolute atomic E-state index is 0.138. The highest BCUT2D eigenvalue weighted by Gasteiger charge is 2.28. The van der Waals surface area contributed by atoms with Crippen molar-refractivity contribution in [1.82, 2.24) is 10.3 Å². The molecule has 0 saturated carbocycles. The number of aliphatic hydroxyl groups excluding tert-OH is 1. The monoisotopic (exact) mass is 447 g/mol. The van der Waals surface area contributed by atoms with E-state index in [9.17, 15) is 24.6 Å². The molecular weight excluding hydrogens is 422 g/mol. The molecule has 4 N–H and O–H groups in total. The van der Waals surface area contributed by atoms with Crippen LogP contribution in [0.2, 0.25) is 0 Å². The molecule has 0 spiro atoms. The molecule has 170 valence electrons. The zero-order valence-electron chi connectivity index (χ0n) is 18.1. The number of aryl methyl sites for hydroxylation is 1. The number of carboxylic acid groups (broad SMARTS) is 1. The highest BCUT2D eigenvalue weighted by molar-refractivity contribution is 6.05. The molecule has 2 atom stereocenters. The van der Waals surface area contributed by atoms with Gasteiger partial charge in [-0.15, -0.1) is 0 Å². The number of anilines is 1. The molecule has 2 amide bonds. The van der Waals surface area contributed by atoms with E-state index in [4.69, 9.17) is 0 Å². The van der Waals surface area contributed by atoms with Crippen LogP contribution in [0.25, 0.3) is 0 Å². The number of aliphatic carboxylic acids is 1. The van der Waals surface area contributed by atoms with Gasteiger partial charge in [0.05, 0.1) is 6.04 Å². The van der Waals surface area contributed by atoms with Gasteiger partial charge in [0.2, 0.25) is 0 Å². The Balaban J connectivity index is 1.81. The molecule has 3 aromatic rings. The Morgan fingerprint density at radius 2 is 1.64 bits per heavy atom. The van der Waals surface area contributed by atoms with Gasteiger partial charge in [0.25, 0.3) is 11.8 Å². The van der Waals surface area contributed by atoms with Crippen molar-refractivity contribution >= 4 is 23.5 Å². The summed E-state index contributed by atoms with van der Waals surface area (Å²) in [6.07, 6.45) is 2.01. The average molecular weight is 447 g/mol. The molecule has 1 heterocycles. The lowest BCUT2D eigenvalue weighted by Gasteiger charge is -2.22. The summed E-state index contributed by atoms with van der Waals surface area (Å²) in [6, 6.07) is 16.0. The summed E-state index contributed by atoms with van der Waals surface area (Å²) in [5.41, 5.74) is 2.74. The van der Waals surface area contributed by atoms with Crippen molar-refractivity contribution < 1.29 is 24.6 Å². The topological polar surface area (TPSA) is 129 Å². The fourth-order valence-electron chi connectivity index (χ4n) is 3.37. The number of rotatable bonds is 9. The van der Waals surface area contributed by atoms with Gasteiger partial charge in [-0.25, -0.2) is 4.79 Å². The maximum absolute atomic E-state index is 12.9. The summed E-state index contributed by atoms with van der Waals surface area (Å²) < 4.78 is 0. The number of carbonyl (C=O) groups is 3. The maximum Gasteiger partial charge on any atom is 0.334 e. The predicted octanol–water partition coefficient (Wildman–Crippen LogP) is 2.68. The predicted molar refractivity (Wildman–Crippen MR) is 123 cm³/mol. The fraction of sp³-hybridized carbons (Fsp3) is 0.200. The molecule has 8 heteroatoms. The van der Waals surface area contributed by atoms with Gasteiger partial charge in [-0.3, -0.25) is 14.6 Å². The molecule has 33 heavy (non-hydrogen) atoms. The Kier molecular flexibility index (Phi) is 7.88. The third kappa shape index (κ3) is 6.24. The van der Waals surface area contributed by atoms with Crippen LogP contribution in [0.15, 0.2) is 73.1 Å². The Morgan fingerprint density at radius 3 is 2.27 bits per heavy atom. The molecular formula is C25H25N3O5. The number of carboxylic acids is 1. The number of benzene rings is 2. The van der Waals surface area contributed by atoms with Gasteiger partial charge in [-0.2, -0.15) is 0 Å².